The number of benzene rings is 2. The smallest absolute Gasteiger partial charge is 0.170 e. The average Bonchev–Trinajstić information content (AvgIpc) is 3.37. The molecule has 1 saturated heterocycles. The van der Waals surface area contributed by atoms with E-state index < -0.39 is 0 Å². The molecule has 0 saturated carbocycles. The van der Waals surface area contributed by atoms with Gasteiger partial charge in [0.1, 0.15) is 0 Å². The third-order valence-corrected chi connectivity index (χ3v) is 4.36. The highest BCUT2D eigenvalue weighted by molar-refractivity contribution is 5.53. The molecule has 128 valence electrons. The number of hydrogen-bond donors (Lipinski definition) is 0. The normalized spacial score (nSPS) is 16.8. The van der Waals surface area contributed by atoms with Crippen LogP contribution in [-0.4, -0.2) is 42.5 Å². The molecule has 4 rings (SSSR count). The van der Waals surface area contributed by atoms with Crippen LogP contribution in [0, 0.1) is 5.92 Å². The van der Waals surface area contributed by atoms with Gasteiger partial charge in [-0.05, 0) is 23.6 Å². The van der Waals surface area contributed by atoms with Gasteiger partial charge in [-0.15, -0.1) is 0 Å². The Bertz CT molecular complexity index is 598. The lowest BCUT2D eigenvalue weighted by atomic mass is 10.1. The van der Waals surface area contributed by atoms with Crippen LogP contribution < -0.4 is 4.74 Å². The lowest BCUT2D eigenvalue weighted by Crippen LogP contribution is -2.46. The Morgan fingerprint density at radius 2 is 1.33 bits per heavy atom. The summed E-state index contributed by atoms with van der Waals surface area (Å²) in [6.45, 7) is 11.8. The molecule has 0 aliphatic carbocycles. The standard InChI is InChI=1S/C15H24N2.C6H4O/c1-14(2)12-16-8-10-17(11-9-16)13-15-6-4-3-5-7-15;1-2-4-6-5(3-1)7-6/h3-7,14H,8-13H2,1-2H3;1-4H. The molecule has 3 heteroatoms. The molecule has 2 aliphatic heterocycles. The molecule has 0 unspecified atom stereocenters. The summed E-state index contributed by atoms with van der Waals surface area (Å²) in [6, 6.07) is 18.6. The Morgan fingerprint density at radius 1 is 0.792 bits per heavy atom. The first-order chi connectivity index (χ1) is 11.7. The molecule has 0 amide bonds. The van der Waals surface area contributed by atoms with E-state index in [-0.39, 0.29) is 0 Å². The topological polar surface area (TPSA) is 19.0 Å². The van der Waals surface area contributed by atoms with Gasteiger partial charge in [0.2, 0.25) is 0 Å². The predicted octanol–water partition coefficient (Wildman–Crippen LogP) is 4.25. The Labute approximate surface area is 145 Å². The van der Waals surface area contributed by atoms with Crippen molar-refractivity contribution in [2.45, 2.75) is 20.4 Å². The van der Waals surface area contributed by atoms with Gasteiger partial charge in [0.25, 0.3) is 0 Å². The van der Waals surface area contributed by atoms with Crippen molar-refractivity contribution in [3.63, 3.8) is 0 Å². The van der Waals surface area contributed by atoms with E-state index in [0.717, 1.165) is 24.0 Å². The lowest BCUT2D eigenvalue weighted by Gasteiger charge is -2.35. The fourth-order valence-corrected chi connectivity index (χ4v) is 3.10. The van der Waals surface area contributed by atoms with Crippen molar-refractivity contribution < 1.29 is 4.74 Å². The number of fused-ring (bicyclic) bond motifs is 1. The minimum Gasteiger partial charge on any atom is -0.450 e. The average molecular weight is 324 g/mol. The number of hydrogen-bond acceptors (Lipinski definition) is 3. The molecule has 2 aromatic carbocycles. The maximum absolute atomic E-state index is 4.94. The van der Waals surface area contributed by atoms with Gasteiger partial charge >= 0.3 is 0 Å². The maximum Gasteiger partial charge on any atom is 0.170 e. The first-order valence-corrected chi connectivity index (χ1v) is 8.96. The van der Waals surface area contributed by atoms with Gasteiger partial charge in [-0.3, -0.25) is 4.90 Å². The van der Waals surface area contributed by atoms with Gasteiger partial charge in [-0.1, -0.05) is 56.3 Å². The van der Waals surface area contributed by atoms with Gasteiger partial charge in [-0.25, -0.2) is 0 Å². The fraction of sp³-hybridized carbons (Fsp3) is 0.429. The van der Waals surface area contributed by atoms with E-state index in [2.05, 4.69) is 54.0 Å². The van der Waals surface area contributed by atoms with Crippen molar-refractivity contribution in [3.8, 4) is 11.5 Å². The summed E-state index contributed by atoms with van der Waals surface area (Å²) < 4.78 is 4.94. The highest BCUT2D eigenvalue weighted by Gasteiger charge is 2.17. The summed E-state index contributed by atoms with van der Waals surface area (Å²) >= 11 is 0. The third kappa shape index (κ3) is 5.36. The molecule has 3 nitrogen and oxygen atoms in total. The van der Waals surface area contributed by atoms with Gasteiger partial charge in [-0.2, -0.15) is 0 Å². The number of ether oxygens (including phenoxy) is 1. The summed E-state index contributed by atoms with van der Waals surface area (Å²) in [7, 11) is 0. The van der Waals surface area contributed by atoms with Crippen LogP contribution in [0.4, 0.5) is 0 Å². The molecular formula is C21H28N2O. The van der Waals surface area contributed by atoms with E-state index in [1.54, 1.807) is 0 Å². The summed E-state index contributed by atoms with van der Waals surface area (Å²) in [5.41, 5.74) is 1.44. The summed E-state index contributed by atoms with van der Waals surface area (Å²) in [4.78, 5) is 5.15. The molecule has 2 aromatic rings. The van der Waals surface area contributed by atoms with Gasteiger partial charge < -0.3 is 9.64 Å². The van der Waals surface area contributed by atoms with Crippen LogP contribution in [0.5, 0.6) is 11.5 Å². The zero-order valence-corrected chi connectivity index (χ0v) is 14.8. The van der Waals surface area contributed by atoms with Crippen molar-refractivity contribution in [2.24, 2.45) is 5.92 Å². The van der Waals surface area contributed by atoms with Crippen LogP contribution in [-0.2, 0) is 6.54 Å². The van der Waals surface area contributed by atoms with E-state index in [1.165, 1.54) is 38.3 Å². The molecule has 1 fully saturated rings. The summed E-state index contributed by atoms with van der Waals surface area (Å²) in [6.07, 6.45) is 0. The molecule has 0 aromatic heterocycles. The first kappa shape index (κ1) is 17.0. The van der Waals surface area contributed by atoms with E-state index >= 15 is 0 Å². The number of nitrogens with zero attached hydrogens (tertiary/aromatic N) is 2. The van der Waals surface area contributed by atoms with Gasteiger partial charge in [0.05, 0.1) is 0 Å². The molecule has 2 heterocycles. The van der Waals surface area contributed by atoms with Crippen LogP contribution in [0.15, 0.2) is 54.6 Å². The lowest BCUT2D eigenvalue weighted by molar-refractivity contribution is 0.117. The minimum atomic E-state index is 0.788. The van der Waals surface area contributed by atoms with E-state index in [4.69, 9.17) is 4.74 Å². The monoisotopic (exact) mass is 324 g/mol. The largest absolute Gasteiger partial charge is 0.450 e. The number of piperazine rings is 1. The van der Waals surface area contributed by atoms with Gasteiger partial charge in [0.15, 0.2) is 11.5 Å². The van der Waals surface area contributed by atoms with Crippen molar-refractivity contribution in [1.29, 1.82) is 0 Å². The Hall–Kier alpha value is -1.84. The predicted molar refractivity (Wildman–Crippen MR) is 99.5 cm³/mol. The van der Waals surface area contributed by atoms with Crippen molar-refractivity contribution in [2.75, 3.05) is 32.7 Å². The molecule has 0 N–H and O–H groups in total. The Balaban J connectivity index is 0.000000198. The van der Waals surface area contributed by atoms with Crippen LogP contribution in [0.2, 0.25) is 0 Å². The van der Waals surface area contributed by atoms with Gasteiger partial charge in [0, 0.05) is 39.3 Å². The fourth-order valence-electron chi connectivity index (χ4n) is 3.10. The van der Waals surface area contributed by atoms with E-state index in [0.29, 0.717) is 0 Å². The molecule has 2 aliphatic rings. The van der Waals surface area contributed by atoms with E-state index in [9.17, 15) is 0 Å². The summed E-state index contributed by atoms with van der Waals surface area (Å²) in [5, 5.41) is 0. The second-order valence-corrected chi connectivity index (χ2v) is 7.00. The molecule has 0 radical (unpaired) electrons. The molecule has 0 spiro atoms. The molecular weight excluding hydrogens is 296 g/mol. The SMILES string of the molecule is CC(C)CN1CCN(Cc2ccccc2)CC1.c1ccc2c(c1)O2. The van der Waals surface area contributed by atoms with Crippen LogP contribution in [0.25, 0.3) is 0 Å². The number of para-hydroxylation sites is 2. The Morgan fingerprint density at radius 3 is 1.88 bits per heavy atom. The van der Waals surface area contributed by atoms with Crippen molar-refractivity contribution in [3.05, 3.63) is 60.2 Å². The van der Waals surface area contributed by atoms with Crippen molar-refractivity contribution >= 4 is 0 Å². The number of rotatable bonds is 4. The summed E-state index contributed by atoms with van der Waals surface area (Å²) in [5.74, 6) is 2.85. The second kappa shape index (κ2) is 8.32. The molecule has 0 atom stereocenters. The maximum atomic E-state index is 4.94. The molecule has 24 heavy (non-hydrogen) atoms. The second-order valence-electron chi connectivity index (χ2n) is 7.00. The van der Waals surface area contributed by atoms with Crippen molar-refractivity contribution in [1.82, 2.24) is 9.80 Å². The zero-order chi connectivity index (χ0) is 16.8. The Kier molecular flexibility index (Phi) is 5.89. The highest BCUT2D eigenvalue weighted by Crippen LogP contribution is 2.43. The van der Waals surface area contributed by atoms with Crippen LogP contribution >= 0.6 is 0 Å². The van der Waals surface area contributed by atoms with Crippen LogP contribution in [0.1, 0.15) is 19.4 Å². The third-order valence-electron chi connectivity index (χ3n) is 4.36. The highest BCUT2D eigenvalue weighted by atomic mass is 16.6. The van der Waals surface area contributed by atoms with Crippen LogP contribution in [0.3, 0.4) is 0 Å². The zero-order valence-electron chi connectivity index (χ0n) is 14.8. The minimum absolute atomic E-state index is 0.788. The first-order valence-electron chi connectivity index (χ1n) is 8.96. The van der Waals surface area contributed by atoms with E-state index in [1.807, 2.05) is 24.3 Å². The quantitative estimate of drug-likeness (QED) is 0.669. The molecule has 0 bridgehead atoms.